The van der Waals surface area contributed by atoms with Crippen molar-refractivity contribution in [3.8, 4) is 0 Å². The Morgan fingerprint density at radius 2 is 1.77 bits per heavy atom. The second kappa shape index (κ2) is 10.9. The SMILES string of the molecule is O=C(CCn1c(=O)c2cccn2c2cccnc21)NCCCN1CCC(Cc2ccccc2)CC1. The number of hydrogen-bond acceptors (Lipinski definition) is 4. The van der Waals surface area contributed by atoms with Crippen LogP contribution in [-0.4, -0.2) is 50.9 Å². The quantitative estimate of drug-likeness (QED) is 0.379. The van der Waals surface area contributed by atoms with Crippen molar-refractivity contribution in [2.45, 2.75) is 38.6 Å². The molecule has 0 radical (unpaired) electrons. The van der Waals surface area contributed by atoms with E-state index in [1.807, 2.05) is 28.8 Å². The van der Waals surface area contributed by atoms with Crippen LogP contribution in [0.15, 0.2) is 71.8 Å². The maximum Gasteiger partial charge on any atom is 0.276 e. The van der Waals surface area contributed by atoms with E-state index in [0.29, 0.717) is 24.3 Å². The lowest BCUT2D eigenvalue weighted by molar-refractivity contribution is -0.121. The van der Waals surface area contributed by atoms with E-state index in [4.69, 9.17) is 0 Å². The summed E-state index contributed by atoms with van der Waals surface area (Å²) in [4.78, 5) is 32.3. The van der Waals surface area contributed by atoms with Gasteiger partial charge in [0.05, 0.1) is 5.52 Å². The van der Waals surface area contributed by atoms with Crippen LogP contribution in [0.1, 0.15) is 31.2 Å². The summed E-state index contributed by atoms with van der Waals surface area (Å²) in [5.74, 6) is 0.742. The van der Waals surface area contributed by atoms with Crippen molar-refractivity contribution in [3.05, 3.63) is 82.9 Å². The monoisotopic (exact) mass is 471 g/mol. The third-order valence-corrected chi connectivity index (χ3v) is 7.10. The molecule has 4 aromatic rings. The van der Waals surface area contributed by atoms with Gasteiger partial charge in [-0.2, -0.15) is 0 Å². The first-order chi connectivity index (χ1) is 17.2. The topological polar surface area (TPSA) is 71.6 Å². The van der Waals surface area contributed by atoms with Crippen molar-refractivity contribution < 1.29 is 4.79 Å². The summed E-state index contributed by atoms with van der Waals surface area (Å²) in [6.45, 7) is 4.26. The molecule has 0 saturated carbocycles. The number of rotatable bonds is 9. The van der Waals surface area contributed by atoms with E-state index in [9.17, 15) is 9.59 Å². The van der Waals surface area contributed by atoms with E-state index < -0.39 is 0 Å². The van der Waals surface area contributed by atoms with Crippen molar-refractivity contribution in [1.82, 2.24) is 24.2 Å². The van der Waals surface area contributed by atoms with Gasteiger partial charge in [-0.3, -0.25) is 14.2 Å². The van der Waals surface area contributed by atoms with Crippen LogP contribution in [0.4, 0.5) is 0 Å². The summed E-state index contributed by atoms with van der Waals surface area (Å²) in [6.07, 6.45) is 8.40. The Morgan fingerprint density at radius 3 is 2.60 bits per heavy atom. The smallest absolute Gasteiger partial charge is 0.276 e. The molecular formula is C28H33N5O2. The van der Waals surface area contributed by atoms with Gasteiger partial charge in [-0.15, -0.1) is 0 Å². The average molecular weight is 472 g/mol. The molecule has 0 bridgehead atoms. The second-order valence-corrected chi connectivity index (χ2v) is 9.49. The van der Waals surface area contributed by atoms with Crippen LogP contribution in [0.3, 0.4) is 0 Å². The standard InChI is InChI=1S/C28H33N5O2/c34-26(13-20-33-27-24(9-4-14-30-27)32-17-5-10-25(32)28(33)35)29-15-6-16-31-18-11-23(12-19-31)21-22-7-2-1-3-8-22/h1-5,7-10,14,17,23H,6,11-13,15-16,18-21H2,(H,29,34). The predicted molar refractivity (Wildman–Crippen MR) is 139 cm³/mol. The van der Waals surface area contributed by atoms with Gasteiger partial charge in [0, 0.05) is 31.9 Å². The zero-order valence-electron chi connectivity index (χ0n) is 20.1. The molecule has 5 rings (SSSR count). The van der Waals surface area contributed by atoms with Crippen molar-refractivity contribution in [1.29, 1.82) is 0 Å². The Bertz CT molecular complexity index is 1340. The number of carbonyl (C=O) groups is 1. The normalized spacial score (nSPS) is 15.1. The predicted octanol–water partition coefficient (Wildman–Crippen LogP) is 3.50. The molecule has 1 aliphatic heterocycles. The number of piperidine rings is 1. The van der Waals surface area contributed by atoms with E-state index in [0.717, 1.165) is 37.5 Å². The van der Waals surface area contributed by atoms with Crippen LogP contribution in [0, 0.1) is 5.92 Å². The molecule has 0 atom stereocenters. The number of pyridine rings is 1. The number of benzene rings is 1. The van der Waals surface area contributed by atoms with Crippen LogP contribution in [-0.2, 0) is 17.8 Å². The van der Waals surface area contributed by atoms with Crippen LogP contribution >= 0.6 is 0 Å². The van der Waals surface area contributed by atoms with Gasteiger partial charge in [-0.1, -0.05) is 30.3 Å². The summed E-state index contributed by atoms with van der Waals surface area (Å²) in [5, 5.41) is 3.03. The first-order valence-electron chi connectivity index (χ1n) is 12.7. The fraction of sp³-hybridized carbons (Fsp3) is 0.393. The number of nitrogens with one attached hydrogen (secondary N) is 1. The average Bonchev–Trinajstić information content (AvgIpc) is 3.39. The van der Waals surface area contributed by atoms with Crippen molar-refractivity contribution >= 4 is 22.6 Å². The molecule has 35 heavy (non-hydrogen) atoms. The lowest BCUT2D eigenvalue weighted by Gasteiger charge is -2.32. The lowest BCUT2D eigenvalue weighted by Crippen LogP contribution is -2.36. The first kappa shape index (κ1) is 23.3. The van der Waals surface area contributed by atoms with E-state index in [-0.39, 0.29) is 17.9 Å². The van der Waals surface area contributed by atoms with Gasteiger partial charge in [-0.05, 0) is 81.1 Å². The Labute approximate surface area is 205 Å². The van der Waals surface area contributed by atoms with Crippen molar-refractivity contribution in [2.75, 3.05) is 26.2 Å². The number of likely N-dealkylation sites (tertiary alicyclic amines) is 1. The summed E-state index contributed by atoms with van der Waals surface area (Å²) < 4.78 is 3.47. The lowest BCUT2D eigenvalue weighted by atomic mass is 9.90. The Kier molecular flexibility index (Phi) is 7.23. The minimum absolute atomic E-state index is 0.0298. The van der Waals surface area contributed by atoms with Gasteiger partial charge in [0.15, 0.2) is 5.65 Å². The largest absolute Gasteiger partial charge is 0.356 e. The fourth-order valence-electron chi connectivity index (χ4n) is 5.19. The number of amides is 1. The number of aryl methyl sites for hydroxylation is 1. The summed E-state index contributed by atoms with van der Waals surface area (Å²) in [7, 11) is 0. The molecular weight excluding hydrogens is 438 g/mol. The molecule has 1 aromatic carbocycles. The molecule has 0 aliphatic carbocycles. The first-order valence-corrected chi connectivity index (χ1v) is 12.7. The van der Waals surface area contributed by atoms with E-state index >= 15 is 0 Å². The third kappa shape index (κ3) is 5.46. The second-order valence-electron chi connectivity index (χ2n) is 9.49. The van der Waals surface area contributed by atoms with E-state index in [1.165, 1.54) is 24.8 Å². The zero-order valence-corrected chi connectivity index (χ0v) is 20.1. The molecule has 1 fully saturated rings. The van der Waals surface area contributed by atoms with Crippen LogP contribution < -0.4 is 10.9 Å². The number of hydrogen-bond donors (Lipinski definition) is 1. The molecule has 182 valence electrons. The molecule has 1 N–H and O–H groups in total. The Morgan fingerprint density at radius 1 is 0.971 bits per heavy atom. The maximum atomic E-state index is 12.9. The van der Waals surface area contributed by atoms with Gasteiger partial charge in [0.2, 0.25) is 5.91 Å². The molecule has 0 spiro atoms. The van der Waals surface area contributed by atoms with Crippen LogP contribution in [0.5, 0.6) is 0 Å². The highest BCUT2D eigenvalue weighted by molar-refractivity contribution is 5.77. The zero-order chi connectivity index (χ0) is 24.0. The van der Waals surface area contributed by atoms with Gasteiger partial charge in [-0.25, -0.2) is 4.98 Å². The number of nitrogens with zero attached hydrogens (tertiary/aromatic N) is 4. The Balaban J connectivity index is 1.05. The minimum atomic E-state index is -0.121. The van der Waals surface area contributed by atoms with E-state index in [1.54, 1.807) is 16.8 Å². The molecule has 1 amide bonds. The van der Waals surface area contributed by atoms with Crippen molar-refractivity contribution in [3.63, 3.8) is 0 Å². The van der Waals surface area contributed by atoms with Crippen molar-refractivity contribution in [2.24, 2.45) is 5.92 Å². The van der Waals surface area contributed by atoms with Crippen LogP contribution in [0.2, 0.25) is 0 Å². The molecule has 7 nitrogen and oxygen atoms in total. The maximum absolute atomic E-state index is 12.9. The molecule has 4 heterocycles. The van der Waals surface area contributed by atoms with Gasteiger partial charge in [0.1, 0.15) is 5.52 Å². The fourth-order valence-corrected chi connectivity index (χ4v) is 5.19. The summed E-state index contributed by atoms with van der Waals surface area (Å²) in [5.41, 5.74) is 3.38. The number of carbonyl (C=O) groups excluding carboxylic acids is 1. The highest BCUT2D eigenvalue weighted by Gasteiger charge is 2.19. The highest BCUT2D eigenvalue weighted by atomic mass is 16.2. The van der Waals surface area contributed by atoms with Gasteiger partial charge >= 0.3 is 0 Å². The minimum Gasteiger partial charge on any atom is -0.356 e. The molecule has 0 unspecified atom stereocenters. The number of fused-ring (bicyclic) bond motifs is 3. The van der Waals surface area contributed by atoms with Crippen LogP contribution in [0.25, 0.3) is 16.7 Å². The van der Waals surface area contributed by atoms with Gasteiger partial charge < -0.3 is 14.6 Å². The highest BCUT2D eigenvalue weighted by Crippen LogP contribution is 2.21. The third-order valence-electron chi connectivity index (χ3n) is 7.10. The molecule has 3 aromatic heterocycles. The summed E-state index contributed by atoms with van der Waals surface area (Å²) in [6, 6.07) is 18.2. The Hall–Kier alpha value is -3.45. The molecule has 1 aliphatic rings. The summed E-state index contributed by atoms with van der Waals surface area (Å²) >= 11 is 0. The molecule has 1 saturated heterocycles. The number of aromatic nitrogens is 3. The van der Waals surface area contributed by atoms with E-state index in [2.05, 4.69) is 45.5 Å². The molecule has 7 heteroatoms. The van der Waals surface area contributed by atoms with Gasteiger partial charge in [0.25, 0.3) is 5.56 Å².